The summed E-state index contributed by atoms with van der Waals surface area (Å²) in [6.07, 6.45) is -4.16. The van der Waals surface area contributed by atoms with Crippen molar-refractivity contribution in [2.75, 3.05) is 6.61 Å². The first kappa shape index (κ1) is 14.6. The van der Waals surface area contributed by atoms with E-state index < -0.39 is 12.1 Å². The van der Waals surface area contributed by atoms with Crippen LogP contribution in [0.2, 0.25) is 0 Å². The molecule has 0 N–H and O–H groups in total. The van der Waals surface area contributed by atoms with Crippen molar-refractivity contribution in [1.29, 1.82) is 0 Å². The molecular weight excluding hydrogens is 229 g/mol. The molecular formula is C9H11F3O4. The number of unbranched alkanes of at least 4 members (excludes halogenated alkanes) is 1. The first-order valence-corrected chi connectivity index (χ1v) is 4.57. The van der Waals surface area contributed by atoms with Crippen molar-refractivity contribution in [1.82, 2.24) is 0 Å². The highest BCUT2D eigenvalue weighted by molar-refractivity contribution is 5.89. The first-order chi connectivity index (χ1) is 7.38. The molecule has 0 aliphatic carbocycles. The van der Waals surface area contributed by atoms with E-state index in [1.165, 1.54) is 0 Å². The molecule has 0 saturated carbocycles. The van der Waals surface area contributed by atoms with Gasteiger partial charge in [-0.3, -0.25) is 4.79 Å². The maximum Gasteiger partial charge on any atom is 0.490 e. The zero-order valence-corrected chi connectivity index (χ0v) is 8.38. The van der Waals surface area contributed by atoms with Crippen LogP contribution in [0.25, 0.3) is 0 Å². The summed E-state index contributed by atoms with van der Waals surface area (Å²) in [7, 11) is 0. The third-order valence-electron chi connectivity index (χ3n) is 1.63. The van der Waals surface area contributed by atoms with Crippen molar-refractivity contribution in [3.8, 4) is 0 Å². The SMILES string of the molecule is O=CCC(=O)CCCCOC(=O)C(F)(F)F. The van der Waals surface area contributed by atoms with Gasteiger partial charge < -0.3 is 9.53 Å². The van der Waals surface area contributed by atoms with Crippen LogP contribution in [-0.2, 0) is 19.1 Å². The maximum atomic E-state index is 11.6. The lowest BCUT2D eigenvalue weighted by Gasteiger charge is -2.06. The molecule has 4 nitrogen and oxygen atoms in total. The Kier molecular flexibility index (Phi) is 6.36. The number of ketones is 1. The number of ether oxygens (including phenoxy) is 1. The first-order valence-electron chi connectivity index (χ1n) is 4.57. The summed E-state index contributed by atoms with van der Waals surface area (Å²) in [4.78, 5) is 30.9. The lowest BCUT2D eigenvalue weighted by atomic mass is 10.1. The number of carbonyl (C=O) groups is 3. The smallest absolute Gasteiger partial charge is 0.459 e. The average molecular weight is 240 g/mol. The molecule has 0 aliphatic rings. The zero-order valence-electron chi connectivity index (χ0n) is 8.38. The van der Waals surface area contributed by atoms with E-state index in [1.54, 1.807) is 0 Å². The highest BCUT2D eigenvalue weighted by Gasteiger charge is 2.40. The quantitative estimate of drug-likeness (QED) is 0.292. The molecule has 0 fully saturated rings. The third-order valence-corrected chi connectivity index (χ3v) is 1.63. The van der Waals surface area contributed by atoms with E-state index in [0.717, 1.165) is 0 Å². The number of esters is 1. The highest BCUT2D eigenvalue weighted by Crippen LogP contribution is 2.16. The summed E-state index contributed by atoms with van der Waals surface area (Å²) in [5, 5.41) is 0. The minimum atomic E-state index is -4.98. The monoisotopic (exact) mass is 240 g/mol. The molecule has 92 valence electrons. The van der Waals surface area contributed by atoms with Gasteiger partial charge in [-0.15, -0.1) is 0 Å². The van der Waals surface area contributed by atoms with Crippen molar-refractivity contribution in [2.24, 2.45) is 0 Å². The summed E-state index contributed by atoms with van der Waals surface area (Å²) < 4.78 is 38.8. The van der Waals surface area contributed by atoms with E-state index in [9.17, 15) is 27.6 Å². The molecule has 0 aromatic rings. The van der Waals surface area contributed by atoms with Crippen molar-refractivity contribution < 1.29 is 32.3 Å². The summed E-state index contributed by atoms with van der Waals surface area (Å²) >= 11 is 0. The molecule has 0 atom stereocenters. The van der Waals surface area contributed by atoms with E-state index in [1.807, 2.05) is 0 Å². The van der Waals surface area contributed by atoms with Gasteiger partial charge >= 0.3 is 12.1 Å². The van der Waals surface area contributed by atoms with Crippen LogP contribution >= 0.6 is 0 Å². The fourth-order valence-corrected chi connectivity index (χ4v) is 0.866. The average Bonchev–Trinajstić information content (AvgIpc) is 2.16. The number of rotatable bonds is 7. The lowest BCUT2D eigenvalue weighted by molar-refractivity contribution is -0.199. The van der Waals surface area contributed by atoms with Crippen molar-refractivity contribution >= 4 is 18.0 Å². The van der Waals surface area contributed by atoms with Crippen LogP contribution in [-0.4, -0.2) is 30.8 Å². The molecule has 0 saturated heterocycles. The molecule has 0 rings (SSSR count). The molecule has 0 aromatic heterocycles. The van der Waals surface area contributed by atoms with E-state index in [2.05, 4.69) is 4.74 Å². The zero-order chi connectivity index (χ0) is 12.6. The second-order valence-electron chi connectivity index (χ2n) is 3.00. The number of halogens is 3. The Hall–Kier alpha value is -1.40. The van der Waals surface area contributed by atoms with Crippen LogP contribution in [0.5, 0.6) is 0 Å². The van der Waals surface area contributed by atoms with Crippen LogP contribution < -0.4 is 0 Å². The molecule has 0 aromatic carbocycles. The van der Waals surface area contributed by atoms with Gasteiger partial charge in [0.05, 0.1) is 13.0 Å². The molecule has 0 unspecified atom stereocenters. The van der Waals surface area contributed by atoms with Gasteiger partial charge in [0.1, 0.15) is 12.1 Å². The Morgan fingerprint density at radius 1 is 1.19 bits per heavy atom. The Morgan fingerprint density at radius 3 is 2.31 bits per heavy atom. The van der Waals surface area contributed by atoms with Gasteiger partial charge in [-0.25, -0.2) is 4.79 Å². The van der Waals surface area contributed by atoms with Gasteiger partial charge in [-0.1, -0.05) is 0 Å². The van der Waals surface area contributed by atoms with Gasteiger partial charge in [0.15, 0.2) is 0 Å². The molecule has 0 radical (unpaired) electrons. The van der Waals surface area contributed by atoms with Gasteiger partial charge in [0, 0.05) is 6.42 Å². The van der Waals surface area contributed by atoms with Crippen LogP contribution in [0.15, 0.2) is 0 Å². The van der Waals surface area contributed by atoms with E-state index in [0.29, 0.717) is 6.29 Å². The predicted molar refractivity (Wildman–Crippen MR) is 46.6 cm³/mol. The Bertz CT molecular complexity index is 260. The summed E-state index contributed by atoms with van der Waals surface area (Å²) in [5.41, 5.74) is 0. The van der Waals surface area contributed by atoms with Gasteiger partial charge in [-0.2, -0.15) is 13.2 Å². The third kappa shape index (κ3) is 6.97. The van der Waals surface area contributed by atoms with E-state index >= 15 is 0 Å². The summed E-state index contributed by atoms with van der Waals surface area (Å²) in [6, 6.07) is 0. The Balaban J connectivity index is 3.51. The van der Waals surface area contributed by atoms with Gasteiger partial charge in [0.25, 0.3) is 0 Å². The van der Waals surface area contributed by atoms with Crippen LogP contribution in [0, 0.1) is 0 Å². The van der Waals surface area contributed by atoms with Crippen molar-refractivity contribution in [2.45, 2.75) is 31.9 Å². The fourth-order valence-electron chi connectivity index (χ4n) is 0.866. The topological polar surface area (TPSA) is 60.4 Å². The second-order valence-corrected chi connectivity index (χ2v) is 3.00. The fraction of sp³-hybridized carbons (Fsp3) is 0.667. The Labute approximate surface area is 89.8 Å². The standard InChI is InChI=1S/C9H11F3O4/c10-9(11,12)8(15)16-6-2-1-3-7(14)4-5-13/h5H,1-4,6H2. The minimum absolute atomic E-state index is 0.0995. The molecule has 0 bridgehead atoms. The number of hydrogen-bond acceptors (Lipinski definition) is 4. The maximum absolute atomic E-state index is 11.6. The normalized spacial score (nSPS) is 10.9. The molecule has 16 heavy (non-hydrogen) atoms. The minimum Gasteiger partial charge on any atom is -0.459 e. The summed E-state index contributed by atoms with van der Waals surface area (Å²) in [5.74, 6) is -2.51. The number of carbonyl (C=O) groups excluding carboxylic acids is 3. The van der Waals surface area contributed by atoms with Crippen LogP contribution in [0.1, 0.15) is 25.7 Å². The van der Waals surface area contributed by atoms with Crippen molar-refractivity contribution in [3.05, 3.63) is 0 Å². The largest absolute Gasteiger partial charge is 0.490 e. The molecule has 0 spiro atoms. The molecule has 0 aliphatic heterocycles. The van der Waals surface area contributed by atoms with Gasteiger partial charge in [0.2, 0.25) is 0 Å². The Morgan fingerprint density at radius 2 is 1.81 bits per heavy atom. The molecule has 0 heterocycles. The number of hydrogen-bond donors (Lipinski definition) is 0. The lowest BCUT2D eigenvalue weighted by Crippen LogP contribution is -2.25. The molecule has 0 amide bonds. The highest BCUT2D eigenvalue weighted by atomic mass is 19.4. The van der Waals surface area contributed by atoms with Crippen LogP contribution in [0.3, 0.4) is 0 Å². The molecule has 7 heteroatoms. The van der Waals surface area contributed by atoms with Gasteiger partial charge in [-0.05, 0) is 12.8 Å². The number of Topliss-reactive ketones (excluding diaryl/α,β-unsaturated/α-hetero) is 1. The second kappa shape index (κ2) is 6.97. The van der Waals surface area contributed by atoms with E-state index in [-0.39, 0.29) is 38.1 Å². The van der Waals surface area contributed by atoms with Crippen LogP contribution in [0.4, 0.5) is 13.2 Å². The predicted octanol–water partition coefficient (Wildman–Crippen LogP) is 1.42. The number of aldehydes is 1. The number of alkyl halides is 3. The van der Waals surface area contributed by atoms with E-state index in [4.69, 9.17) is 0 Å². The summed E-state index contributed by atoms with van der Waals surface area (Å²) in [6.45, 7) is -0.382. The van der Waals surface area contributed by atoms with Crippen molar-refractivity contribution in [3.63, 3.8) is 0 Å².